The quantitative estimate of drug-likeness (QED) is 0.376. The number of aliphatic hydroxyl groups is 1. The lowest BCUT2D eigenvalue weighted by Gasteiger charge is -2.64. The van der Waals surface area contributed by atoms with Crippen LogP contribution < -0.4 is 5.32 Å². The van der Waals surface area contributed by atoms with Crippen LogP contribution in [0.1, 0.15) is 79.6 Å². The molecule has 0 saturated heterocycles. The number of ketones is 1. The van der Waals surface area contributed by atoms with E-state index in [-0.39, 0.29) is 22.4 Å². The standard InChI is InChI=1S/C27H36O2.C3H5NO3/c1-16-8-10-25(3)12-13-27(5)19(21(25)14-16)9-11-26(4)20-15-22(28)24(29)17(2)18(20)6-7-23(26)27;1-4-2(5)3(6)7/h6-7,15-16,19,21,29H,8-14H2,1-5H3;1H3,(H,4,5)(H,6,7). The summed E-state index contributed by atoms with van der Waals surface area (Å²) in [7, 11) is 1.26. The van der Waals surface area contributed by atoms with Gasteiger partial charge in [0, 0.05) is 18.0 Å². The number of likely N-dealkylation sites (N-methyl/N-ethyl adjacent to an activating group) is 1. The number of hydrogen-bond acceptors (Lipinski definition) is 4. The Labute approximate surface area is 214 Å². The molecule has 0 aliphatic heterocycles. The molecule has 5 rings (SSSR count). The van der Waals surface area contributed by atoms with Crippen LogP contribution in [-0.2, 0) is 14.4 Å². The van der Waals surface area contributed by atoms with E-state index in [0.29, 0.717) is 5.41 Å². The van der Waals surface area contributed by atoms with E-state index < -0.39 is 11.9 Å². The molecule has 0 aromatic rings. The minimum Gasteiger partial charge on any atom is -0.504 e. The van der Waals surface area contributed by atoms with E-state index in [9.17, 15) is 19.5 Å². The van der Waals surface area contributed by atoms with Gasteiger partial charge in [-0.3, -0.25) is 9.59 Å². The van der Waals surface area contributed by atoms with E-state index in [4.69, 9.17) is 5.11 Å². The summed E-state index contributed by atoms with van der Waals surface area (Å²) < 4.78 is 0. The maximum absolute atomic E-state index is 12.5. The molecule has 3 N–H and O–H groups in total. The lowest BCUT2D eigenvalue weighted by Crippen LogP contribution is -2.55. The number of allylic oxidation sites excluding steroid dienone is 7. The van der Waals surface area contributed by atoms with E-state index in [1.54, 1.807) is 11.6 Å². The van der Waals surface area contributed by atoms with Crippen molar-refractivity contribution in [1.82, 2.24) is 5.32 Å². The normalized spacial score (nSPS) is 39.0. The van der Waals surface area contributed by atoms with Gasteiger partial charge < -0.3 is 15.5 Å². The van der Waals surface area contributed by atoms with E-state index in [2.05, 4.69) is 39.8 Å². The fourth-order valence-electron chi connectivity index (χ4n) is 8.19. The van der Waals surface area contributed by atoms with E-state index in [0.717, 1.165) is 40.9 Å². The number of carbonyl (C=O) groups is 3. The van der Waals surface area contributed by atoms with Crippen molar-refractivity contribution in [3.05, 3.63) is 46.3 Å². The number of rotatable bonds is 0. The van der Waals surface area contributed by atoms with Crippen molar-refractivity contribution in [3.8, 4) is 0 Å². The molecular weight excluding hydrogens is 454 g/mol. The second-order valence-corrected chi connectivity index (χ2v) is 12.5. The first-order valence-electron chi connectivity index (χ1n) is 13.3. The number of nitrogens with one attached hydrogen (secondary N) is 1. The second-order valence-electron chi connectivity index (χ2n) is 12.5. The summed E-state index contributed by atoms with van der Waals surface area (Å²) in [5, 5.41) is 19.9. The fourth-order valence-corrected chi connectivity index (χ4v) is 8.19. The van der Waals surface area contributed by atoms with Crippen molar-refractivity contribution in [3.63, 3.8) is 0 Å². The monoisotopic (exact) mass is 495 g/mol. The van der Waals surface area contributed by atoms with Gasteiger partial charge in [-0.2, -0.15) is 0 Å². The second kappa shape index (κ2) is 9.04. The molecule has 0 spiro atoms. The van der Waals surface area contributed by atoms with Crippen molar-refractivity contribution in [1.29, 1.82) is 0 Å². The van der Waals surface area contributed by atoms with Gasteiger partial charge in [0.25, 0.3) is 0 Å². The Balaban J connectivity index is 0.000000384. The van der Waals surface area contributed by atoms with Gasteiger partial charge in [-0.15, -0.1) is 0 Å². The summed E-state index contributed by atoms with van der Waals surface area (Å²) in [4.78, 5) is 31.8. The fraction of sp³-hybridized carbons (Fsp3) is 0.633. The van der Waals surface area contributed by atoms with Crippen LogP contribution in [0.15, 0.2) is 46.3 Å². The molecule has 0 radical (unpaired) electrons. The first-order chi connectivity index (χ1) is 16.8. The largest absolute Gasteiger partial charge is 0.504 e. The highest BCUT2D eigenvalue weighted by atomic mass is 16.4. The number of carboxylic acids is 1. The first kappa shape index (κ1) is 26.4. The third-order valence-corrected chi connectivity index (χ3v) is 10.4. The molecule has 3 fully saturated rings. The topological polar surface area (TPSA) is 104 Å². The van der Waals surface area contributed by atoms with Crippen LogP contribution in [0.3, 0.4) is 0 Å². The minimum absolute atomic E-state index is 0.0787. The number of aliphatic hydroxyl groups excluding tert-OH is 1. The molecule has 6 atom stereocenters. The van der Waals surface area contributed by atoms with Gasteiger partial charge in [0.15, 0.2) is 5.76 Å². The zero-order valence-corrected chi connectivity index (χ0v) is 22.5. The minimum atomic E-state index is -1.46. The van der Waals surface area contributed by atoms with Crippen molar-refractivity contribution >= 4 is 17.7 Å². The summed E-state index contributed by atoms with van der Waals surface area (Å²) in [6.45, 7) is 11.8. The predicted molar refractivity (Wildman–Crippen MR) is 139 cm³/mol. The van der Waals surface area contributed by atoms with Crippen molar-refractivity contribution in [2.75, 3.05) is 7.05 Å². The van der Waals surface area contributed by atoms with E-state index in [1.807, 2.05) is 12.2 Å². The molecule has 196 valence electrons. The van der Waals surface area contributed by atoms with Gasteiger partial charge in [-0.05, 0) is 91.3 Å². The number of hydrogen-bond donors (Lipinski definition) is 3. The summed E-state index contributed by atoms with van der Waals surface area (Å²) in [5.41, 5.74) is 5.18. The number of aliphatic carboxylic acids is 1. The average molecular weight is 496 g/mol. The van der Waals surface area contributed by atoms with Crippen molar-refractivity contribution in [2.45, 2.75) is 79.6 Å². The summed E-state index contributed by atoms with van der Waals surface area (Å²) in [6, 6.07) is 0. The summed E-state index contributed by atoms with van der Waals surface area (Å²) >= 11 is 0. The van der Waals surface area contributed by atoms with Gasteiger partial charge in [-0.25, -0.2) is 4.79 Å². The highest BCUT2D eigenvalue weighted by Crippen LogP contribution is 2.69. The average Bonchev–Trinajstić information content (AvgIpc) is 2.83. The Morgan fingerprint density at radius 1 is 1.03 bits per heavy atom. The molecule has 3 saturated carbocycles. The highest BCUT2D eigenvalue weighted by molar-refractivity contribution is 6.31. The molecule has 0 heterocycles. The Hall–Kier alpha value is -2.63. The van der Waals surface area contributed by atoms with Crippen LogP contribution in [0.2, 0.25) is 0 Å². The van der Waals surface area contributed by atoms with Gasteiger partial charge in [0.05, 0.1) is 0 Å². The zero-order valence-electron chi connectivity index (χ0n) is 22.5. The molecule has 1 amide bonds. The van der Waals surface area contributed by atoms with Crippen LogP contribution in [0.5, 0.6) is 0 Å². The van der Waals surface area contributed by atoms with Gasteiger partial charge in [0.1, 0.15) is 0 Å². The predicted octanol–water partition coefficient (Wildman–Crippen LogP) is 5.67. The maximum Gasteiger partial charge on any atom is 0.394 e. The molecule has 5 aliphatic carbocycles. The van der Waals surface area contributed by atoms with Crippen LogP contribution in [-0.4, -0.2) is 34.9 Å². The van der Waals surface area contributed by atoms with E-state index in [1.165, 1.54) is 45.6 Å². The van der Waals surface area contributed by atoms with Crippen LogP contribution in [0.25, 0.3) is 0 Å². The molecule has 0 aromatic carbocycles. The lowest BCUT2D eigenvalue weighted by atomic mass is 9.40. The molecule has 6 heteroatoms. The third kappa shape index (κ3) is 3.97. The SMILES string of the molecule is CC1=C(O)C(=O)C=C2C1=CC=C1C2(C)CCC2C3CC(C)CCC3(C)CCC12C.CNC(=O)C(=O)O. The van der Waals surface area contributed by atoms with Crippen LogP contribution in [0, 0.1) is 34.0 Å². The number of carboxylic acid groups (broad SMARTS) is 1. The number of carbonyl (C=O) groups excluding carboxylic acids is 2. The Bertz CT molecular complexity index is 1130. The molecule has 36 heavy (non-hydrogen) atoms. The lowest BCUT2D eigenvalue weighted by molar-refractivity contribution is -0.149. The molecule has 0 aromatic heterocycles. The molecule has 5 aliphatic rings. The van der Waals surface area contributed by atoms with Gasteiger partial charge in [-0.1, -0.05) is 51.8 Å². The van der Waals surface area contributed by atoms with Crippen molar-refractivity contribution < 1.29 is 24.6 Å². The molecule has 0 bridgehead atoms. The third-order valence-electron chi connectivity index (χ3n) is 10.4. The smallest absolute Gasteiger partial charge is 0.394 e. The van der Waals surface area contributed by atoms with Crippen LogP contribution >= 0.6 is 0 Å². The Morgan fingerprint density at radius 2 is 1.72 bits per heavy atom. The van der Waals surface area contributed by atoms with Gasteiger partial charge in [0.2, 0.25) is 5.78 Å². The first-order valence-corrected chi connectivity index (χ1v) is 13.3. The molecule has 6 unspecified atom stereocenters. The number of amides is 1. The Morgan fingerprint density at radius 3 is 2.33 bits per heavy atom. The highest BCUT2D eigenvalue weighted by Gasteiger charge is 2.60. The summed E-state index contributed by atoms with van der Waals surface area (Å²) in [6.07, 6.45) is 15.5. The van der Waals surface area contributed by atoms with Crippen molar-refractivity contribution in [2.24, 2.45) is 34.0 Å². The zero-order chi connectivity index (χ0) is 26.6. The van der Waals surface area contributed by atoms with E-state index >= 15 is 0 Å². The maximum atomic E-state index is 12.5. The summed E-state index contributed by atoms with van der Waals surface area (Å²) in [5.74, 6) is -0.309. The van der Waals surface area contributed by atoms with Crippen LogP contribution in [0.4, 0.5) is 0 Å². The molecular formula is C30H41NO5. The molecule has 6 nitrogen and oxygen atoms in total. The number of fused-ring (bicyclic) bond motifs is 7. The van der Waals surface area contributed by atoms with Gasteiger partial charge >= 0.3 is 11.9 Å². The Kier molecular flexibility index (Phi) is 6.64.